The van der Waals surface area contributed by atoms with Gasteiger partial charge in [0.05, 0.1) is 5.56 Å². The molecule has 2 aromatic rings. The van der Waals surface area contributed by atoms with Crippen molar-refractivity contribution in [2.45, 2.75) is 6.92 Å². The maximum absolute atomic E-state index is 12.0. The summed E-state index contributed by atoms with van der Waals surface area (Å²) in [6.07, 6.45) is 1.34. The zero-order chi connectivity index (χ0) is 15.2. The molecule has 2 amide bonds. The Morgan fingerprint density at radius 2 is 1.90 bits per heavy atom. The van der Waals surface area contributed by atoms with Crippen LogP contribution in [0.4, 0.5) is 5.69 Å². The lowest BCUT2D eigenvalue weighted by atomic mass is 10.1. The van der Waals surface area contributed by atoms with E-state index in [1.54, 1.807) is 24.3 Å². The van der Waals surface area contributed by atoms with E-state index in [0.717, 1.165) is 0 Å². The number of aromatic nitrogens is 1. The number of anilines is 1. The maximum atomic E-state index is 12.0. The van der Waals surface area contributed by atoms with Crippen molar-refractivity contribution in [2.75, 3.05) is 11.9 Å². The van der Waals surface area contributed by atoms with E-state index in [2.05, 4.69) is 15.6 Å². The summed E-state index contributed by atoms with van der Waals surface area (Å²) in [4.78, 5) is 37.1. The molecule has 0 aliphatic rings. The highest BCUT2D eigenvalue weighted by Crippen LogP contribution is 2.12. The Morgan fingerprint density at radius 1 is 1.10 bits per heavy atom. The fourth-order valence-corrected chi connectivity index (χ4v) is 1.76. The number of amides is 2. The Kier molecular flexibility index (Phi) is 4.50. The smallest absolute Gasteiger partial charge is 0.257 e. The highest BCUT2D eigenvalue weighted by atomic mass is 16.2. The van der Waals surface area contributed by atoms with Gasteiger partial charge in [-0.05, 0) is 31.2 Å². The second-order valence-electron chi connectivity index (χ2n) is 4.34. The van der Waals surface area contributed by atoms with Crippen LogP contribution in [0.25, 0.3) is 0 Å². The summed E-state index contributed by atoms with van der Waals surface area (Å²) >= 11 is 0. The van der Waals surface area contributed by atoms with E-state index < -0.39 is 0 Å². The van der Waals surface area contributed by atoms with Gasteiger partial charge in [-0.25, -0.2) is 0 Å². The van der Waals surface area contributed by atoms with Gasteiger partial charge in [0.25, 0.3) is 11.8 Å². The first kappa shape index (κ1) is 14.5. The van der Waals surface area contributed by atoms with E-state index in [0.29, 0.717) is 23.4 Å². The summed E-state index contributed by atoms with van der Waals surface area (Å²) in [6.45, 7) is 2.37. The maximum Gasteiger partial charge on any atom is 0.257 e. The number of carbonyl (C=O) groups excluding carboxylic acids is 2. The average molecular weight is 285 g/mol. The van der Waals surface area contributed by atoms with Crippen LogP contribution in [0.2, 0.25) is 0 Å². The molecule has 0 spiro atoms. The van der Waals surface area contributed by atoms with Crippen molar-refractivity contribution >= 4 is 17.5 Å². The van der Waals surface area contributed by atoms with Crippen molar-refractivity contribution in [3.63, 3.8) is 0 Å². The average Bonchev–Trinajstić information content (AvgIpc) is 2.48. The van der Waals surface area contributed by atoms with Crippen LogP contribution in [-0.4, -0.2) is 23.3 Å². The lowest BCUT2D eigenvalue weighted by Gasteiger charge is -2.07. The molecule has 21 heavy (non-hydrogen) atoms. The molecule has 0 aliphatic heterocycles. The SMILES string of the molecule is CCNC(=O)c1cccc(NC(=O)c2ccc(=O)[nH]c2)c1. The molecule has 0 saturated heterocycles. The number of benzene rings is 1. The minimum absolute atomic E-state index is 0.197. The van der Waals surface area contributed by atoms with Gasteiger partial charge < -0.3 is 15.6 Å². The lowest BCUT2D eigenvalue weighted by Crippen LogP contribution is -2.22. The molecule has 0 unspecified atom stereocenters. The molecule has 0 saturated carbocycles. The van der Waals surface area contributed by atoms with Gasteiger partial charge in [-0.1, -0.05) is 6.07 Å². The van der Waals surface area contributed by atoms with Crippen molar-refractivity contribution in [1.29, 1.82) is 0 Å². The number of aromatic amines is 1. The summed E-state index contributed by atoms with van der Waals surface area (Å²) in [5.74, 6) is -0.558. The summed E-state index contributed by atoms with van der Waals surface area (Å²) in [5.41, 5.74) is 1.04. The first-order valence-electron chi connectivity index (χ1n) is 6.48. The molecule has 0 bridgehead atoms. The molecule has 0 radical (unpaired) electrons. The molecule has 1 heterocycles. The predicted molar refractivity (Wildman–Crippen MR) is 79.5 cm³/mol. The predicted octanol–water partition coefficient (Wildman–Crippen LogP) is 1.38. The molecular weight excluding hydrogens is 270 g/mol. The molecule has 0 fully saturated rings. The fraction of sp³-hybridized carbons (Fsp3) is 0.133. The van der Waals surface area contributed by atoms with E-state index in [9.17, 15) is 14.4 Å². The lowest BCUT2D eigenvalue weighted by molar-refractivity contribution is 0.0954. The van der Waals surface area contributed by atoms with Crippen LogP contribution < -0.4 is 16.2 Å². The van der Waals surface area contributed by atoms with E-state index in [1.165, 1.54) is 18.3 Å². The van der Waals surface area contributed by atoms with Crippen LogP contribution in [0.15, 0.2) is 47.4 Å². The Hall–Kier alpha value is -2.89. The second kappa shape index (κ2) is 6.51. The van der Waals surface area contributed by atoms with E-state index in [1.807, 2.05) is 6.92 Å². The number of nitrogens with one attached hydrogen (secondary N) is 3. The topological polar surface area (TPSA) is 91.1 Å². The van der Waals surface area contributed by atoms with Gasteiger partial charge in [-0.15, -0.1) is 0 Å². The van der Waals surface area contributed by atoms with E-state index in [-0.39, 0.29) is 17.4 Å². The third-order valence-corrected chi connectivity index (χ3v) is 2.77. The van der Waals surface area contributed by atoms with Crippen molar-refractivity contribution in [3.05, 3.63) is 64.1 Å². The quantitative estimate of drug-likeness (QED) is 0.792. The fourth-order valence-electron chi connectivity index (χ4n) is 1.76. The molecule has 0 aliphatic carbocycles. The first-order chi connectivity index (χ1) is 10.1. The van der Waals surface area contributed by atoms with Crippen molar-refractivity contribution < 1.29 is 9.59 Å². The van der Waals surface area contributed by atoms with Gasteiger partial charge in [-0.3, -0.25) is 14.4 Å². The molecule has 108 valence electrons. The van der Waals surface area contributed by atoms with Crippen molar-refractivity contribution in [3.8, 4) is 0 Å². The minimum atomic E-state index is -0.362. The molecule has 3 N–H and O–H groups in total. The zero-order valence-electron chi connectivity index (χ0n) is 11.5. The molecule has 2 rings (SSSR count). The Balaban J connectivity index is 2.14. The Morgan fingerprint density at radius 3 is 2.57 bits per heavy atom. The minimum Gasteiger partial charge on any atom is -0.352 e. The molecular formula is C15H15N3O3. The number of hydrogen-bond acceptors (Lipinski definition) is 3. The monoisotopic (exact) mass is 285 g/mol. The largest absolute Gasteiger partial charge is 0.352 e. The number of carbonyl (C=O) groups is 2. The summed E-state index contributed by atoms with van der Waals surface area (Å²) in [6, 6.07) is 9.34. The van der Waals surface area contributed by atoms with Crippen LogP contribution in [-0.2, 0) is 0 Å². The third-order valence-electron chi connectivity index (χ3n) is 2.77. The zero-order valence-corrected chi connectivity index (χ0v) is 11.5. The van der Waals surface area contributed by atoms with Crippen molar-refractivity contribution in [2.24, 2.45) is 0 Å². The van der Waals surface area contributed by atoms with Gasteiger partial charge in [0.1, 0.15) is 0 Å². The van der Waals surface area contributed by atoms with Gasteiger partial charge in [0.15, 0.2) is 0 Å². The number of H-pyrrole nitrogens is 1. The van der Waals surface area contributed by atoms with Gasteiger partial charge in [0, 0.05) is 30.1 Å². The second-order valence-corrected chi connectivity index (χ2v) is 4.34. The van der Waals surface area contributed by atoms with Crippen LogP contribution in [0.5, 0.6) is 0 Å². The number of rotatable bonds is 4. The first-order valence-corrected chi connectivity index (χ1v) is 6.48. The normalized spacial score (nSPS) is 9.95. The van der Waals surface area contributed by atoms with E-state index in [4.69, 9.17) is 0 Å². The molecule has 1 aromatic carbocycles. The van der Waals surface area contributed by atoms with Gasteiger partial charge in [0.2, 0.25) is 5.56 Å². The summed E-state index contributed by atoms with van der Waals surface area (Å²) < 4.78 is 0. The van der Waals surface area contributed by atoms with Crippen LogP contribution in [0, 0.1) is 0 Å². The number of hydrogen-bond donors (Lipinski definition) is 3. The number of pyridine rings is 1. The Labute approximate surface area is 121 Å². The molecule has 6 heteroatoms. The van der Waals surface area contributed by atoms with Crippen LogP contribution in [0.1, 0.15) is 27.6 Å². The molecule has 0 atom stereocenters. The summed E-state index contributed by atoms with van der Waals surface area (Å²) in [5, 5.41) is 5.36. The molecule has 1 aromatic heterocycles. The summed E-state index contributed by atoms with van der Waals surface area (Å²) in [7, 11) is 0. The molecule has 6 nitrogen and oxygen atoms in total. The highest BCUT2D eigenvalue weighted by Gasteiger charge is 2.08. The van der Waals surface area contributed by atoms with E-state index >= 15 is 0 Å². The van der Waals surface area contributed by atoms with Gasteiger partial charge in [-0.2, -0.15) is 0 Å². The van der Waals surface area contributed by atoms with Crippen molar-refractivity contribution in [1.82, 2.24) is 10.3 Å². The Bertz CT molecular complexity index is 702. The van der Waals surface area contributed by atoms with Crippen LogP contribution >= 0.6 is 0 Å². The standard InChI is InChI=1S/C15H15N3O3/c1-2-16-14(20)10-4-3-5-12(8-10)18-15(21)11-6-7-13(19)17-9-11/h3-9H,2H2,1H3,(H,16,20)(H,17,19)(H,18,21). The van der Waals surface area contributed by atoms with Crippen LogP contribution in [0.3, 0.4) is 0 Å². The van der Waals surface area contributed by atoms with Gasteiger partial charge >= 0.3 is 0 Å². The third kappa shape index (κ3) is 3.79. The highest BCUT2D eigenvalue weighted by molar-refractivity contribution is 6.04.